The summed E-state index contributed by atoms with van der Waals surface area (Å²) in [6.45, 7) is 0. The van der Waals surface area contributed by atoms with Crippen molar-refractivity contribution in [2.24, 2.45) is 5.14 Å². The quantitative estimate of drug-likeness (QED) is 0.685. The van der Waals surface area contributed by atoms with Crippen molar-refractivity contribution in [2.45, 2.75) is 17.7 Å². The zero-order valence-corrected chi connectivity index (χ0v) is 14.4. The van der Waals surface area contributed by atoms with Gasteiger partial charge in [0.15, 0.2) is 5.76 Å². The second kappa shape index (κ2) is 7.11. The molecule has 1 aromatic heterocycles. The molecule has 0 atom stereocenters. The molecule has 134 valence electrons. The summed E-state index contributed by atoms with van der Waals surface area (Å²) in [4.78, 5) is 10.8. The molecule has 0 aliphatic carbocycles. The summed E-state index contributed by atoms with van der Waals surface area (Å²) in [6.07, 6.45) is 0.0310. The summed E-state index contributed by atoms with van der Waals surface area (Å²) in [6, 6.07) is 15.3. The van der Waals surface area contributed by atoms with Crippen molar-refractivity contribution in [3.05, 3.63) is 60.3 Å². The lowest BCUT2D eigenvalue weighted by molar-refractivity contribution is -0.136. The van der Waals surface area contributed by atoms with Gasteiger partial charge >= 0.3 is 5.97 Å². The van der Waals surface area contributed by atoms with Gasteiger partial charge in [-0.25, -0.2) is 13.6 Å². The van der Waals surface area contributed by atoms with E-state index in [2.05, 4.69) is 5.16 Å². The summed E-state index contributed by atoms with van der Waals surface area (Å²) >= 11 is 0. The Balaban J connectivity index is 2.22. The number of benzene rings is 2. The van der Waals surface area contributed by atoms with Crippen molar-refractivity contribution in [1.29, 1.82) is 0 Å². The Kier molecular flexibility index (Phi) is 4.88. The molecule has 0 saturated carbocycles. The summed E-state index contributed by atoms with van der Waals surface area (Å²) in [7, 11) is -3.98. The normalized spacial score (nSPS) is 11.4. The Hall–Kier alpha value is -2.97. The number of rotatable bonds is 6. The second-order valence-corrected chi connectivity index (χ2v) is 7.16. The first-order chi connectivity index (χ1) is 12.4. The van der Waals surface area contributed by atoms with E-state index >= 15 is 0 Å². The lowest BCUT2D eigenvalue weighted by Crippen LogP contribution is -2.13. The molecule has 0 unspecified atom stereocenters. The predicted molar refractivity (Wildman–Crippen MR) is 94.7 cm³/mol. The van der Waals surface area contributed by atoms with Gasteiger partial charge in [-0.1, -0.05) is 47.6 Å². The number of sulfonamides is 1. The number of primary sulfonamides is 1. The molecule has 3 N–H and O–H groups in total. The summed E-state index contributed by atoms with van der Waals surface area (Å²) in [5.41, 5.74) is 2.03. The third-order valence-electron chi connectivity index (χ3n) is 3.84. The van der Waals surface area contributed by atoms with Crippen molar-refractivity contribution >= 4 is 16.0 Å². The maximum Gasteiger partial charge on any atom is 0.303 e. The van der Waals surface area contributed by atoms with Crippen molar-refractivity contribution < 1.29 is 22.8 Å². The van der Waals surface area contributed by atoms with Crippen LogP contribution in [0.2, 0.25) is 0 Å². The largest absolute Gasteiger partial charge is 0.481 e. The maximum atomic E-state index is 11.9. The number of carbonyl (C=O) groups is 1. The molecule has 0 saturated heterocycles. The molecule has 0 radical (unpaired) electrons. The van der Waals surface area contributed by atoms with Gasteiger partial charge in [0.05, 0.1) is 22.6 Å². The number of aliphatic carboxylic acids is 1. The highest BCUT2D eigenvalue weighted by Crippen LogP contribution is 2.38. The average Bonchev–Trinajstić information content (AvgIpc) is 3.04. The molecule has 1 heterocycles. The lowest BCUT2D eigenvalue weighted by atomic mass is 9.98. The SMILES string of the molecule is NS(=O)(=O)c1ccccc1-c1onc(CCC(=O)O)c1-c1ccccc1. The fraction of sp³-hybridized carbons (Fsp3) is 0.111. The molecule has 3 rings (SSSR count). The molecule has 0 spiro atoms. The van der Waals surface area contributed by atoms with Crippen LogP contribution in [0.4, 0.5) is 0 Å². The molecule has 7 nitrogen and oxygen atoms in total. The number of aromatic nitrogens is 1. The molecule has 0 fully saturated rings. The highest BCUT2D eigenvalue weighted by Gasteiger charge is 2.24. The first kappa shape index (κ1) is 17.8. The third-order valence-corrected chi connectivity index (χ3v) is 4.81. The van der Waals surface area contributed by atoms with Crippen LogP contribution in [0.5, 0.6) is 0 Å². The predicted octanol–water partition coefficient (Wildman–Crippen LogP) is 2.67. The van der Waals surface area contributed by atoms with Gasteiger partial charge < -0.3 is 9.63 Å². The third kappa shape index (κ3) is 3.66. The highest BCUT2D eigenvalue weighted by atomic mass is 32.2. The maximum absolute atomic E-state index is 11.9. The van der Waals surface area contributed by atoms with Gasteiger partial charge in [-0.2, -0.15) is 0 Å². The van der Waals surface area contributed by atoms with E-state index < -0.39 is 16.0 Å². The van der Waals surface area contributed by atoms with Crippen molar-refractivity contribution in [1.82, 2.24) is 5.16 Å². The zero-order chi connectivity index (χ0) is 18.7. The Morgan fingerprint density at radius 3 is 2.38 bits per heavy atom. The molecule has 26 heavy (non-hydrogen) atoms. The molecular formula is C18H16N2O5S. The van der Waals surface area contributed by atoms with Crippen molar-refractivity contribution in [3.8, 4) is 22.5 Å². The fourth-order valence-electron chi connectivity index (χ4n) is 2.71. The van der Waals surface area contributed by atoms with Gasteiger partial charge in [0.2, 0.25) is 10.0 Å². The molecule has 0 amide bonds. The highest BCUT2D eigenvalue weighted by molar-refractivity contribution is 7.89. The Morgan fingerprint density at radius 2 is 1.73 bits per heavy atom. The standard InChI is InChI=1S/C18H16N2O5S/c19-26(23,24)15-9-5-4-8-13(15)18-17(12-6-2-1-3-7-12)14(20-25-18)10-11-16(21)22/h1-9H,10-11H2,(H,21,22)(H2,19,23,24). The molecule has 8 heteroatoms. The van der Waals surface area contributed by atoms with Crippen LogP contribution in [0.1, 0.15) is 12.1 Å². The number of aryl methyl sites for hydroxylation is 1. The van der Waals surface area contributed by atoms with Crippen LogP contribution in [-0.2, 0) is 21.2 Å². The van der Waals surface area contributed by atoms with Gasteiger partial charge in [-0.3, -0.25) is 4.79 Å². The summed E-state index contributed by atoms with van der Waals surface area (Å²) < 4.78 is 29.3. The van der Waals surface area contributed by atoms with Crippen LogP contribution in [0, 0.1) is 0 Å². The Bertz CT molecular complexity index is 1040. The smallest absolute Gasteiger partial charge is 0.303 e. The van der Waals surface area contributed by atoms with E-state index in [4.69, 9.17) is 14.8 Å². The van der Waals surface area contributed by atoms with Gasteiger partial charge in [0.1, 0.15) is 0 Å². The number of carboxylic acid groups (broad SMARTS) is 1. The minimum Gasteiger partial charge on any atom is -0.481 e. The Labute approximate surface area is 150 Å². The molecular weight excluding hydrogens is 356 g/mol. The van der Waals surface area contributed by atoms with E-state index in [0.717, 1.165) is 5.56 Å². The first-order valence-electron chi connectivity index (χ1n) is 7.76. The van der Waals surface area contributed by atoms with Gasteiger partial charge in [-0.05, 0) is 17.7 Å². The molecule has 0 aliphatic rings. The minimum absolute atomic E-state index is 0.0851. The molecule has 0 bridgehead atoms. The van der Waals surface area contributed by atoms with Crippen molar-refractivity contribution in [2.75, 3.05) is 0 Å². The van der Waals surface area contributed by atoms with E-state index in [1.165, 1.54) is 6.07 Å². The summed E-state index contributed by atoms with van der Waals surface area (Å²) in [5, 5.41) is 18.3. The van der Waals surface area contributed by atoms with Crippen LogP contribution < -0.4 is 5.14 Å². The fourth-order valence-corrected chi connectivity index (χ4v) is 3.44. The van der Waals surface area contributed by atoms with E-state index in [1.54, 1.807) is 18.2 Å². The van der Waals surface area contributed by atoms with Crippen LogP contribution in [0.25, 0.3) is 22.5 Å². The van der Waals surface area contributed by atoms with Crippen LogP contribution in [-0.4, -0.2) is 24.7 Å². The number of hydrogen-bond acceptors (Lipinski definition) is 5. The van der Waals surface area contributed by atoms with Gasteiger partial charge in [-0.15, -0.1) is 0 Å². The lowest BCUT2D eigenvalue weighted by Gasteiger charge is -2.08. The summed E-state index contributed by atoms with van der Waals surface area (Å²) in [5.74, 6) is -0.722. The average molecular weight is 372 g/mol. The van der Waals surface area contributed by atoms with Crippen LogP contribution >= 0.6 is 0 Å². The van der Waals surface area contributed by atoms with E-state index in [0.29, 0.717) is 11.3 Å². The number of nitrogens with two attached hydrogens (primary N) is 1. The number of hydrogen-bond donors (Lipinski definition) is 2. The zero-order valence-electron chi connectivity index (χ0n) is 13.6. The van der Waals surface area contributed by atoms with Crippen molar-refractivity contribution in [3.63, 3.8) is 0 Å². The molecule has 2 aromatic carbocycles. The van der Waals surface area contributed by atoms with E-state index in [-0.39, 0.29) is 29.1 Å². The molecule has 0 aliphatic heterocycles. The van der Waals surface area contributed by atoms with Gasteiger partial charge in [0, 0.05) is 12.0 Å². The van der Waals surface area contributed by atoms with E-state index in [9.17, 15) is 13.2 Å². The van der Waals surface area contributed by atoms with Gasteiger partial charge in [0.25, 0.3) is 0 Å². The second-order valence-electron chi connectivity index (χ2n) is 5.63. The minimum atomic E-state index is -3.98. The topological polar surface area (TPSA) is 123 Å². The number of nitrogens with zero attached hydrogens (tertiary/aromatic N) is 1. The first-order valence-corrected chi connectivity index (χ1v) is 9.30. The van der Waals surface area contributed by atoms with Crippen LogP contribution in [0.15, 0.2) is 64.0 Å². The van der Waals surface area contributed by atoms with Crippen LogP contribution in [0.3, 0.4) is 0 Å². The van der Waals surface area contributed by atoms with E-state index in [1.807, 2.05) is 30.3 Å². The monoisotopic (exact) mass is 372 g/mol. The Morgan fingerprint density at radius 1 is 1.08 bits per heavy atom. The number of carboxylic acids is 1. The molecule has 3 aromatic rings.